The summed E-state index contributed by atoms with van der Waals surface area (Å²) in [4.78, 5) is 20.7. The number of rotatable bonds is 4. The van der Waals surface area contributed by atoms with Gasteiger partial charge in [0.25, 0.3) is 0 Å². The number of esters is 1. The zero-order chi connectivity index (χ0) is 13.9. The Morgan fingerprint density at radius 2 is 2.22 bits per heavy atom. The van der Waals surface area contributed by atoms with Crippen LogP contribution in [0.15, 0.2) is 6.07 Å². The van der Waals surface area contributed by atoms with Gasteiger partial charge >= 0.3 is 18.0 Å². The number of nitro groups is 1. The number of halogens is 3. The molecular weight excluding hydrogens is 259 g/mol. The summed E-state index contributed by atoms with van der Waals surface area (Å²) in [5.74, 6) is -1.94. The van der Waals surface area contributed by atoms with E-state index in [1.54, 1.807) is 0 Å². The molecule has 0 radical (unpaired) electrons. The van der Waals surface area contributed by atoms with Crippen molar-refractivity contribution in [1.82, 2.24) is 9.78 Å². The summed E-state index contributed by atoms with van der Waals surface area (Å²) >= 11 is 0. The number of aromatic nitrogens is 2. The minimum absolute atomic E-state index is 0.0656. The van der Waals surface area contributed by atoms with Gasteiger partial charge in [-0.15, -0.1) is 0 Å². The molecule has 0 aliphatic carbocycles. The Morgan fingerprint density at radius 1 is 1.61 bits per heavy atom. The summed E-state index contributed by atoms with van der Waals surface area (Å²) in [6.07, 6.45) is -4.65. The third-order valence-electron chi connectivity index (χ3n) is 1.77. The quantitative estimate of drug-likeness (QED) is 0.469. The van der Waals surface area contributed by atoms with E-state index in [1.807, 2.05) is 0 Å². The molecule has 0 amide bonds. The molecule has 1 aromatic rings. The Balaban J connectivity index is 3.13. The van der Waals surface area contributed by atoms with E-state index < -0.39 is 35.1 Å². The van der Waals surface area contributed by atoms with E-state index in [0.29, 0.717) is 6.07 Å². The fourth-order valence-corrected chi connectivity index (χ4v) is 1.15. The van der Waals surface area contributed by atoms with Crippen molar-refractivity contribution in [2.45, 2.75) is 19.6 Å². The summed E-state index contributed by atoms with van der Waals surface area (Å²) in [5, 5.41) is 13.5. The average molecular weight is 267 g/mol. The van der Waals surface area contributed by atoms with Gasteiger partial charge in [-0.3, -0.25) is 0 Å². The summed E-state index contributed by atoms with van der Waals surface area (Å²) in [6.45, 7) is -0.213. The molecule has 0 aliphatic rings. The van der Waals surface area contributed by atoms with Crippen LogP contribution in [0.1, 0.15) is 17.4 Å². The van der Waals surface area contributed by atoms with Crippen molar-refractivity contribution in [3.8, 4) is 0 Å². The van der Waals surface area contributed by atoms with Gasteiger partial charge in [-0.25, -0.2) is 4.79 Å². The highest BCUT2D eigenvalue weighted by Crippen LogP contribution is 2.21. The lowest BCUT2D eigenvalue weighted by Gasteiger charge is -2.05. The lowest BCUT2D eigenvalue weighted by molar-refractivity contribution is -0.389. The van der Waals surface area contributed by atoms with Crippen molar-refractivity contribution in [1.29, 1.82) is 0 Å². The number of hydrogen-bond donors (Lipinski definition) is 0. The maximum atomic E-state index is 12.2. The Morgan fingerprint density at radius 3 is 2.67 bits per heavy atom. The lowest BCUT2D eigenvalue weighted by atomic mass is 10.4. The van der Waals surface area contributed by atoms with Crippen molar-refractivity contribution >= 4 is 11.8 Å². The number of alkyl halides is 3. The number of carbonyl (C=O) groups excluding carboxylic acids is 1. The minimum atomic E-state index is -4.65. The first-order valence-electron chi connectivity index (χ1n) is 4.70. The van der Waals surface area contributed by atoms with Crippen LogP contribution >= 0.6 is 0 Å². The fraction of sp³-hybridized carbons (Fsp3) is 0.500. The van der Waals surface area contributed by atoms with E-state index in [-0.39, 0.29) is 11.3 Å². The molecule has 0 saturated carbocycles. The summed E-state index contributed by atoms with van der Waals surface area (Å²) in [5.41, 5.74) is -0.610. The van der Waals surface area contributed by atoms with Crippen molar-refractivity contribution in [3.63, 3.8) is 0 Å². The van der Waals surface area contributed by atoms with Crippen molar-refractivity contribution < 1.29 is 27.6 Å². The largest absolute Gasteiger partial charge is 0.461 e. The Kier molecular flexibility index (Phi) is 3.89. The van der Waals surface area contributed by atoms with E-state index in [2.05, 4.69) is 9.84 Å². The van der Waals surface area contributed by atoms with Gasteiger partial charge in [0.2, 0.25) is 0 Å². The molecule has 1 aromatic heterocycles. The van der Waals surface area contributed by atoms with E-state index >= 15 is 0 Å². The van der Waals surface area contributed by atoms with Crippen LogP contribution in [0.3, 0.4) is 0 Å². The van der Waals surface area contributed by atoms with Crippen LogP contribution in [-0.2, 0) is 11.3 Å². The van der Waals surface area contributed by atoms with Crippen LogP contribution in [-0.4, -0.2) is 33.5 Å². The smallest absolute Gasteiger partial charge is 0.410 e. The summed E-state index contributed by atoms with van der Waals surface area (Å²) < 4.78 is 41.3. The van der Waals surface area contributed by atoms with Gasteiger partial charge in [-0.2, -0.15) is 17.9 Å². The number of carbonyl (C=O) groups is 1. The van der Waals surface area contributed by atoms with Gasteiger partial charge in [0.1, 0.15) is 0 Å². The van der Waals surface area contributed by atoms with Crippen molar-refractivity contribution in [2.75, 3.05) is 6.61 Å². The topological polar surface area (TPSA) is 87.3 Å². The number of nitrogens with zero attached hydrogens (tertiary/aromatic N) is 3. The molecule has 0 spiro atoms. The second-order valence-electron chi connectivity index (χ2n) is 3.14. The van der Waals surface area contributed by atoms with Gasteiger partial charge in [0.15, 0.2) is 12.2 Å². The van der Waals surface area contributed by atoms with E-state index in [4.69, 9.17) is 0 Å². The molecule has 1 rings (SSSR count). The Labute approximate surface area is 98.3 Å². The zero-order valence-electron chi connectivity index (χ0n) is 9.10. The van der Waals surface area contributed by atoms with Crippen LogP contribution in [0.4, 0.5) is 19.0 Å². The molecule has 0 N–H and O–H groups in total. The molecule has 0 bridgehead atoms. The highest BCUT2D eigenvalue weighted by Gasteiger charge is 2.34. The third-order valence-corrected chi connectivity index (χ3v) is 1.77. The fourth-order valence-electron chi connectivity index (χ4n) is 1.15. The second-order valence-corrected chi connectivity index (χ2v) is 3.14. The molecule has 100 valence electrons. The van der Waals surface area contributed by atoms with E-state index in [0.717, 1.165) is 0 Å². The van der Waals surface area contributed by atoms with Crippen LogP contribution in [0.25, 0.3) is 0 Å². The minimum Gasteiger partial charge on any atom is -0.461 e. The second kappa shape index (κ2) is 5.02. The molecule has 0 saturated heterocycles. The molecule has 0 aromatic carbocycles. The van der Waals surface area contributed by atoms with Crippen molar-refractivity contribution in [3.05, 3.63) is 21.9 Å². The highest BCUT2D eigenvalue weighted by atomic mass is 19.4. The SMILES string of the molecule is CCOC(=O)c1cc([N+](=O)[O-])nn1CC(F)(F)F. The predicted octanol–water partition coefficient (Wildman–Crippen LogP) is 1.53. The van der Waals surface area contributed by atoms with Gasteiger partial charge in [-0.05, 0) is 11.8 Å². The van der Waals surface area contributed by atoms with Crippen LogP contribution in [0, 0.1) is 10.1 Å². The van der Waals surface area contributed by atoms with Gasteiger partial charge in [0, 0.05) is 0 Å². The highest BCUT2D eigenvalue weighted by molar-refractivity contribution is 5.88. The van der Waals surface area contributed by atoms with Crippen molar-refractivity contribution in [2.24, 2.45) is 0 Å². The van der Waals surface area contributed by atoms with E-state index in [1.165, 1.54) is 6.92 Å². The molecule has 18 heavy (non-hydrogen) atoms. The third kappa shape index (κ3) is 3.43. The van der Waals surface area contributed by atoms with E-state index in [9.17, 15) is 28.1 Å². The van der Waals surface area contributed by atoms with Crippen LogP contribution < -0.4 is 0 Å². The summed E-state index contributed by atoms with van der Waals surface area (Å²) in [7, 11) is 0. The molecule has 0 atom stereocenters. The Bertz CT molecular complexity index is 469. The van der Waals surface area contributed by atoms with Gasteiger partial charge < -0.3 is 14.9 Å². The molecule has 7 nitrogen and oxygen atoms in total. The van der Waals surface area contributed by atoms with Gasteiger partial charge in [-0.1, -0.05) is 0 Å². The first kappa shape index (κ1) is 13.9. The average Bonchev–Trinajstić information content (AvgIpc) is 2.59. The molecule has 10 heteroatoms. The van der Waals surface area contributed by atoms with Crippen LogP contribution in [0.5, 0.6) is 0 Å². The zero-order valence-corrected chi connectivity index (χ0v) is 9.10. The monoisotopic (exact) mass is 267 g/mol. The number of ether oxygens (including phenoxy) is 1. The normalized spacial score (nSPS) is 11.3. The standard InChI is InChI=1S/C8H8F3N3O4/c1-2-18-7(15)5-3-6(14(16)17)12-13(5)4-8(9,10)11/h3H,2,4H2,1H3. The molecule has 0 unspecified atom stereocenters. The number of hydrogen-bond acceptors (Lipinski definition) is 5. The molecule has 0 fully saturated rings. The molecular formula is C8H8F3N3O4. The molecule has 1 heterocycles. The molecule has 0 aliphatic heterocycles. The Hall–Kier alpha value is -2.13. The first-order chi connectivity index (χ1) is 8.24. The predicted molar refractivity (Wildman–Crippen MR) is 50.9 cm³/mol. The maximum Gasteiger partial charge on any atom is 0.410 e. The van der Waals surface area contributed by atoms with Gasteiger partial charge in [0.05, 0.1) is 17.8 Å². The lowest BCUT2D eigenvalue weighted by Crippen LogP contribution is -2.22. The van der Waals surface area contributed by atoms with Crippen LogP contribution in [0.2, 0.25) is 0 Å². The first-order valence-corrected chi connectivity index (χ1v) is 4.70. The summed E-state index contributed by atoms with van der Waals surface area (Å²) in [6, 6.07) is 0.643. The maximum absolute atomic E-state index is 12.2.